The number of phenols is 1. The molecule has 1 aliphatic heterocycles. The number of ether oxygens (including phenoxy) is 1. The minimum atomic E-state index is -1.01. The van der Waals surface area contributed by atoms with Crippen LogP contribution in [0.2, 0.25) is 5.02 Å². The second-order valence-corrected chi connectivity index (χ2v) is 6.99. The molecule has 1 atom stereocenters. The van der Waals surface area contributed by atoms with Crippen LogP contribution in [0.4, 0.5) is 5.69 Å². The second kappa shape index (κ2) is 7.61. The molecule has 2 heterocycles. The van der Waals surface area contributed by atoms with E-state index in [4.69, 9.17) is 20.8 Å². The molecule has 0 radical (unpaired) electrons. The van der Waals surface area contributed by atoms with Gasteiger partial charge in [-0.3, -0.25) is 14.5 Å². The number of aromatic hydroxyl groups is 1. The van der Waals surface area contributed by atoms with Crippen molar-refractivity contribution in [2.45, 2.75) is 6.04 Å². The molecule has 7 nitrogen and oxygen atoms in total. The molecule has 1 aliphatic rings. The lowest BCUT2D eigenvalue weighted by atomic mass is 9.94. The summed E-state index contributed by atoms with van der Waals surface area (Å²) in [5.41, 5.74) is 0.656. The first-order valence-corrected chi connectivity index (χ1v) is 9.27. The van der Waals surface area contributed by atoms with Crippen molar-refractivity contribution >= 4 is 29.0 Å². The third-order valence-electron chi connectivity index (χ3n) is 4.82. The SMILES string of the molecule is COc1ccc(C2C(C(=O)c3ccco3)=C(O)C(=O)N2c2ccc(Cl)cc2)cc1O. The van der Waals surface area contributed by atoms with Crippen LogP contribution in [0.5, 0.6) is 11.5 Å². The molecule has 3 aromatic rings. The minimum Gasteiger partial charge on any atom is -0.504 e. The number of amides is 1. The van der Waals surface area contributed by atoms with Gasteiger partial charge in [0.1, 0.15) is 0 Å². The number of methoxy groups -OCH3 is 1. The van der Waals surface area contributed by atoms with E-state index in [9.17, 15) is 19.8 Å². The molecule has 30 heavy (non-hydrogen) atoms. The van der Waals surface area contributed by atoms with Gasteiger partial charge < -0.3 is 19.4 Å². The van der Waals surface area contributed by atoms with Crippen molar-refractivity contribution in [2.24, 2.45) is 0 Å². The van der Waals surface area contributed by atoms with Crippen LogP contribution in [0.3, 0.4) is 0 Å². The topological polar surface area (TPSA) is 100 Å². The lowest BCUT2D eigenvalue weighted by Crippen LogP contribution is -2.31. The number of halogens is 1. The van der Waals surface area contributed by atoms with E-state index in [0.29, 0.717) is 16.3 Å². The molecule has 1 unspecified atom stereocenters. The fourth-order valence-electron chi connectivity index (χ4n) is 3.44. The molecular formula is C22H16ClNO6. The van der Waals surface area contributed by atoms with Crippen LogP contribution in [-0.2, 0) is 4.79 Å². The predicted molar refractivity (Wildman–Crippen MR) is 109 cm³/mol. The third kappa shape index (κ3) is 3.19. The fourth-order valence-corrected chi connectivity index (χ4v) is 3.56. The van der Waals surface area contributed by atoms with Crippen LogP contribution >= 0.6 is 11.6 Å². The van der Waals surface area contributed by atoms with E-state index in [1.807, 2.05) is 0 Å². The first kappa shape index (κ1) is 19.6. The van der Waals surface area contributed by atoms with E-state index in [0.717, 1.165) is 0 Å². The summed E-state index contributed by atoms with van der Waals surface area (Å²) < 4.78 is 10.3. The van der Waals surface area contributed by atoms with Gasteiger partial charge in [0.05, 0.1) is 25.0 Å². The Hall–Kier alpha value is -3.71. The Balaban J connectivity index is 1.89. The van der Waals surface area contributed by atoms with Crippen molar-refractivity contribution in [3.63, 3.8) is 0 Å². The number of furan rings is 1. The van der Waals surface area contributed by atoms with E-state index in [2.05, 4.69) is 0 Å². The molecule has 2 aromatic carbocycles. The Labute approximate surface area is 176 Å². The number of nitrogens with zero attached hydrogens (tertiary/aromatic N) is 1. The summed E-state index contributed by atoms with van der Waals surface area (Å²) in [6.45, 7) is 0. The summed E-state index contributed by atoms with van der Waals surface area (Å²) in [6.07, 6.45) is 1.33. The van der Waals surface area contributed by atoms with Crippen LogP contribution in [0.1, 0.15) is 22.2 Å². The zero-order chi connectivity index (χ0) is 21.4. The summed E-state index contributed by atoms with van der Waals surface area (Å²) in [7, 11) is 1.41. The maximum absolute atomic E-state index is 13.1. The number of ketones is 1. The van der Waals surface area contributed by atoms with Crippen LogP contribution < -0.4 is 9.64 Å². The summed E-state index contributed by atoms with van der Waals surface area (Å²) in [6, 6.07) is 12.9. The Morgan fingerprint density at radius 2 is 1.87 bits per heavy atom. The highest BCUT2D eigenvalue weighted by molar-refractivity contribution is 6.30. The molecule has 0 aliphatic carbocycles. The highest BCUT2D eigenvalue weighted by Gasteiger charge is 2.45. The molecule has 8 heteroatoms. The van der Waals surface area contributed by atoms with Crippen LogP contribution in [0, 0.1) is 0 Å². The standard InChI is InChI=1S/C22H16ClNO6/c1-29-16-9-4-12(11-15(16)25)19-18(20(26)17-3-2-10-30-17)21(27)22(28)24(19)14-7-5-13(23)6-8-14/h2-11,19,25,27H,1H3. The van der Waals surface area contributed by atoms with Crippen molar-refractivity contribution in [2.75, 3.05) is 12.0 Å². The van der Waals surface area contributed by atoms with Gasteiger partial charge in [-0.05, 0) is 54.1 Å². The number of hydrogen-bond acceptors (Lipinski definition) is 6. The monoisotopic (exact) mass is 425 g/mol. The highest BCUT2D eigenvalue weighted by Crippen LogP contribution is 2.43. The number of carbonyl (C=O) groups is 2. The molecule has 1 aromatic heterocycles. The third-order valence-corrected chi connectivity index (χ3v) is 5.07. The van der Waals surface area contributed by atoms with Gasteiger partial charge in [0.2, 0.25) is 5.78 Å². The van der Waals surface area contributed by atoms with Crippen molar-refractivity contribution in [1.82, 2.24) is 0 Å². The van der Waals surface area contributed by atoms with E-state index >= 15 is 0 Å². The van der Waals surface area contributed by atoms with Crippen LogP contribution in [0.15, 0.2) is 76.6 Å². The van der Waals surface area contributed by atoms with Gasteiger partial charge in [-0.25, -0.2) is 0 Å². The number of rotatable bonds is 5. The number of hydrogen-bond donors (Lipinski definition) is 2. The van der Waals surface area contributed by atoms with Gasteiger partial charge in [0, 0.05) is 10.7 Å². The van der Waals surface area contributed by atoms with E-state index in [1.165, 1.54) is 42.5 Å². The first-order valence-electron chi connectivity index (χ1n) is 8.89. The quantitative estimate of drug-likeness (QED) is 0.586. The number of aliphatic hydroxyl groups excluding tert-OH is 1. The molecule has 0 fully saturated rings. The highest BCUT2D eigenvalue weighted by atomic mass is 35.5. The Morgan fingerprint density at radius 1 is 1.13 bits per heavy atom. The summed E-state index contributed by atoms with van der Waals surface area (Å²) in [5.74, 6) is -2.05. The maximum atomic E-state index is 13.1. The molecule has 0 saturated heterocycles. The van der Waals surface area contributed by atoms with Crippen LogP contribution in [0.25, 0.3) is 0 Å². The number of Topliss-reactive ketones (excluding diaryl/α,β-unsaturated/α-hetero) is 1. The van der Waals surface area contributed by atoms with E-state index in [1.54, 1.807) is 30.3 Å². The zero-order valence-electron chi connectivity index (χ0n) is 15.7. The van der Waals surface area contributed by atoms with Gasteiger partial charge in [-0.1, -0.05) is 17.7 Å². The van der Waals surface area contributed by atoms with Crippen LogP contribution in [-0.4, -0.2) is 29.0 Å². The van der Waals surface area contributed by atoms with Crippen molar-refractivity contribution < 1.29 is 29.0 Å². The lowest BCUT2D eigenvalue weighted by Gasteiger charge is -2.27. The maximum Gasteiger partial charge on any atom is 0.294 e. The molecule has 0 saturated carbocycles. The summed E-state index contributed by atoms with van der Waals surface area (Å²) in [4.78, 5) is 27.3. The smallest absolute Gasteiger partial charge is 0.294 e. The number of carbonyl (C=O) groups excluding carboxylic acids is 2. The van der Waals surface area contributed by atoms with E-state index < -0.39 is 23.5 Å². The first-order chi connectivity index (χ1) is 14.4. The van der Waals surface area contributed by atoms with Crippen molar-refractivity contribution in [1.29, 1.82) is 0 Å². The Bertz CT molecular complexity index is 1150. The predicted octanol–water partition coefficient (Wildman–Crippen LogP) is 4.43. The van der Waals surface area contributed by atoms with Gasteiger partial charge in [0.25, 0.3) is 5.91 Å². The zero-order valence-corrected chi connectivity index (χ0v) is 16.5. The number of benzene rings is 2. The molecule has 152 valence electrons. The Morgan fingerprint density at radius 3 is 2.47 bits per heavy atom. The molecule has 2 N–H and O–H groups in total. The number of aliphatic hydroxyl groups is 1. The largest absolute Gasteiger partial charge is 0.504 e. The Kier molecular flexibility index (Phi) is 4.97. The van der Waals surface area contributed by atoms with Gasteiger partial charge in [-0.2, -0.15) is 0 Å². The van der Waals surface area contributed by atoms with Gasteiger partial charge in [-0.15, -0.1) is 0 Å². The van der Waals surface area contributed by atoms with Crippen molar-refractivity contribution in [3.8, 4) is 11.5 Å². The summed E-state index contributed by atoms with van der Waals surface area (Å²) >= 11 is 5.96. The van der Waals surface area contributed by atoms with E-state index in [-0.39, 0.29) is 22.8 Å². The average molecular weight is 426 g/mol. The van der Waals surface area contributed by atoms with Crippen molar-refractivity contribution in [3.05, 3.63) is 88.5 Å². The number of phenolic OH excluding ortho intramolecular Hbond substituents is 1. The molecule has 0 bridgehead atoms. The lowest BCUT2D eigenvalue weighted by molar-refractivity contribution is -0.117. The molecular weight excluding hydrogens is 410 g/mol. The average Bonchev–Trinajstić information content (AvgIpc) is 3.36. The van der Waals surface area contributed by atoms with Gasteiger partial charge >= 0.3 is 0 Å². The fraction of sp³-hybridized carbons (Fsp3) is 0.0909. The summed E-state index contributed by atoms with van der Waals surface area (Å²) in [5, 5.41) is 21.4. The molecule has 1 amide bonds. The molecule has 4 rings (SSSR count). The molecule has 0 spiro atoms. The number of anilines is 1. The normalized spacial score (nSPS) is 16.3. The van der Waals surface area contributed by atoms with Gasteiger partial charge in [0.15, 0.2) is 23.0 Å². The minimum absolute atomic E-state index is 0.0231. The second-order valence-electron chi connectivity index (χ2n) is 6.55.